The number of carbonyl (C=O) groups is 1. The third kappa shape index (κ3) is 2.93. The number of anilines is 1. The lowest BCUT2D eigenvalue weighted by Gasteiger charge is -2.04. The fourth-order valence-electron chi connectivity index (χ4n) is 0.646. The predicted octanol–water partition coefficient (Wildman–Crippen LogP) is 1.66. The summed E-state index contributed by atoms with van der Waals surface area (Å²) < 4.78 is 0. The Balaban J connectivity index is 2.54. The third-order valence-corrected chi connectivity index (χ3v) is 2.65. The summed E-state index contributed by atoms with van der Waals surface area (Å²) in [5.41, 5.74) is 0. The maximum absolute atomic E-state index is 11.3. The molecule has 0 radical (unpaired) electrons. The lowest BCUT2D eigenvalue weighted by atomic mass is 10.2. The fourth-order valence-corrected chi connectivity index (χ4v) is 1.38. The molecule has 4 nitrogen and oxygen atoms in total. The van der Waals surface area contributed by atoms with E-state index in [0.29, 0.717) is 11.0 Å². The molecule has 1 unspecified atom stereocenters. The third-order valence-electron chi connectivity index (χ3n) is 1.44. The van der Waals surface area contributed by atoms with Gasteiger partial charge in [-0.3, -0.25) is 4.79 Å². The van der Waals surface area contributed by atoms with Crippen molar-refractivity contribution in [3.8, 4) is 0 Å². The van der Waals surface area contributed by atoms with Crippen LogP contribution in [0.3, 0.4) is 0 Å². The Morgan fingerprint density at radius 3 is 2.85 bits per heavy atom. The highest BCUT2D eigenvalue weighted by Crippen LogP contribution is 2.14. The van der Waals surface area contributed by atoms with Crippen molar-refractivity contribution in [2.75, 3.05) is 11.2 Å². The van der Waals surface area contributed by atoms with Crippen LogP contribution in [0.4, 0.5) is 5.13 Å². The van der Waals surface area contributed by atoms with Crippen molar-refractivity contribution < 1.29 is 4.79 Å². The van der Waals surface area contributed by atoms with Crippen molar-refractivity contribution in [2.45, 2.75) is 13.8 Å². The number of hydrogen-bond donors (Lipinski definition) is 1. The largest absolute Gasteiger partial charge is 0.300 e. The molecule has 1 aromatic heterocycles. The standard InChI is InChI=1S/C7H10ClN3OS/c1-4(3-8)6(12)9-7-11-10-5(2)13-7/h4H,3H2,1-2H3,(H,9,11,12). The molecule has 13 heavy (non-hydrogen) atoms. The van der Waals surface area contributed by atoms with Crippen molar-refractivity contribution in [1.29, 1.82) is 0 Å². The molecule has 0 aromatic carbocycles. The molecule has 0 fully saturated rings. The topological polar surface area (TPSA) is 54.9 Å². The molecular weight excluding hydrogens is 210 g/mol. The zero-order chi connectivity index (χ0) is 9.84. The number of halogens is 1. The smallest absolute Gasteiger partial charge is 0.230 e. The number of nitrogens with one attached hydrogen (secondary N) is 1. The lowest BCUT2D eigenvalue weighted by Crippen LogP contribution is -2.21. The minimum Gasteiger partial charge on any atom is -0.300 e. The number of aryl methyl sites for hydroxylation is 1. The van der Waals surface area contributed by atoms with Gasteiger partial charge in [0.05, 0.1) is 0 Å². The van der Waals surface area contributed by atoms with E-state index in [-0.39, 0.29) is 11.8 Å². The van der Waals surface area contributed by atoms with Crippen LogP contribution in [0.15, 0.2) is 0 Å². The van der Waals surface area contributed by atoms with Gasteiger partial charge in [0.1, 0.15) is 5.01 Å². The highest BCUT2D eigenvalue weighted by molar-refractivity contribution is 7.15. The second-order valence-corrected chi connectivity index (χ2v) is 4.16. The van der Waals surface area contributed by atoms with E-state index in [1.54, 1.807) is 6.92 Å². The second-order valence-electron chi connectivity index (χ2n) is 2.67. The summed E-state index contributed by atoms with van der Waals surface area (Å²) in [5, 5.41) is 11.5. The zero-order valence-corrected chi connectivity index (χ0v) is 8.95. The Morgan fingerprint density at radius 2 is 2.38 bits per heavy atom. The number of aromatic nitrogens is 2. The van der Waals surface area contributed by atoms with E-state index >= 15 is 0 Å². The summed E-state index contributed by atoms with van der Waals surface area (Å²) in [4.78, 5) is 11.3. The van der Waals surface area contributed by atoms with Crippen LogP contribution in [0.5, 0.6) is 0 Å². The Labute approximate surface area is 85.3 Å². The molecule has 6 heteroatoms. The van der Waals surface area contributed by atoms with Crippen molar-refractivity contribution in [3.63, 3.8) is 0 Å². The van der Waals surface area contributed by atoms with Gasteiger partial charge in [-0.1, -0.05) is 18.3 Å². The van der Waals surface area contributed by atoms with E-state index in [1.165, 1.54) is 11.3 Å². The first-order chi connectivity index (χ1) is 6.13. The van der Waals surface area contributed by atoms with Crippen LogP contribution in [-0.4, -0.2) is 22.0 Å². The molecule has 0 aliphatic carbocycles. The molecule has 72 valence electrons. The van der Waals surface area contributed by atoms with Gasteiger partial charge in [0.15, 0.2) is 0 Å². The van der Waals surface area contributed by atoms with Crippen LogP contribution >= 0.6 is 22.9 Å². The van der Waals surface area contributed by atoms with Gasteiger partial charge < -0.3 is 5.32 Å². The molecular formula is C7H10ClN3OS. The van der Waals surface area contributed by atoms with E-state index in [4.69, 9.17) is 11.6 Å². The Kier molecular flexibility index (Phi) is 3.62. The number of hydrogen-bond acceptors (Lipinski definition) is 4. The van der Waals surface area contributed by atoms with Crippen LogP contribution in [0.25, 0.3) is 0 Å². The molecule has 1 rings (SSSR count). The van der Waals surface area contributed by atoms with Crippen LogP contribution in [0.1, 0.15) is 11.9 Å². The molecule has 1 aromatic rings. The Bertz CT molecular complexity index is 302. The summed E-state index contributed by atoms with van der Waals surface area (Å²) in [6.07, 6.45) is 0. The quantitative estimate of drug-likeness (QED) is 0.787. The SMILES string of the molecule is Cc1nnc(NC(=O)C(C)CCl)s1. The van der Waals surface area contributed by atoms with Gasteiger partial charge >= 0.3 is 0 Å². The molecule has 0 aliphatic heterocycles. The average Bonchev–Trinajstić information content (AvgIpc) is 2.49. The number of amides is 1. The maximum atomic E-state index is 11.3. The summed E-state index contributed by atoms with van der Waals surface area (Å²) in [6.45, 7) is 3.59. The van der Waals surface area contributed by atoms with Gasteiger partial charge in [0, 0.05) is 11.8 Å². The molecule has 1 atom stereocenters. The highest BCUT2D eigenvalue weighted by Gasteiger charge is 2.13. The van der Waals surface area contributed by atoms with Crippen LogP contribution < -0.4 is 5.32 Å². The molecule has 1 amide bonds. The van der Waals surface area contributed by atoms with Crippen LogP contribution in [0, 0.1) is 12.8 Å². The molecule has 0 aliphatic rings. The van der Waals surface area contributed by atoms with Gasteiger partial charge in [0.25, 0.3) is 0 Å². The van der Waals surface area contributed by atoms with E-state index in [2.05, 4.69) is 15.5 Å². The van der Waals surface area contributed by atoms with E-state index in [9.17, 15) is 4.79 Å². The Hall–Kier alpha value is -0.680. The molecule has 1 heterocycles. The molecule has 0 spiro atoms. The second kappa shape index (κ2) is 4.53. The molecule has 1 N–H and O–H groups in total. The van der Waals surface area contributed by atoms with E-state index in [1.807, 2.05) is 6.92 Å². The van der Waals surface area contributed by atoms with Gasteiger partial charge in [0.2, 0.25) is 11.0 Å². The van der Waals surface area contributed by atoms with Crippen molar-refractivity contribution in [1.82, 2.24) is 10.2 Å². The lowest BCUT2D eigenvalue weighted by molar-refractivity contribution is -0.118. The monoisotopic (exact) mass is 219 g/mol. The summed E-state index contributed by atoms with van der Waals surface area (Å²) >= 11 is 6.87. The van der Waals surface area contributed by atoms with Crippen molar-refractivity contribution in [2.24, 2.45) is 5.92 Å². The fraction of sp³-hybridized carbons (Fsp3) is 0.571. The normalized spacial score (nSPS) is 12.5. The predicted molar refractivity (Wildman–Crippen MR) is 53.2 cm³/mol. The highest BCUT2D eigenvalue weighted by atomic mass is 35.5. The zero-order valence-electron chi connectivity index (χ0n) is 7.37. The molecule has 0 saturated carbocycles. The van der Waals surface area contributed by atoms with Gasteiger partial charge in [-0.15, -0.1) is 21.8 Å². The first kappa shape index (κ1) is 10.4. The molecule has 0 saturated heterocycles. The van der Waals surface area contributed by atoms with Crippen molar-refractivity contribution >= 4 is 34.0 Å². The number of rotatable bonds is 3. The van der Waals surface area contributed by atoms with Gasteiger partial charge in [-0.05, 0) is 6.92 Å². The summed E-state index contributed by atoms with van der Waals surface area (Å²) in [6, 6.07) is 0. The number of nitrogens with zero attached hydrogens (tertiary/aromatic N) is 2. The van der Waals surface area contributed by atoms with Crippen molar-refractivity contribution in [3.05, 3.63) is 5.01 Å². The maximum Gasteiger partial charge on any atom is 0.230 e. The molecule has 0 bridgehead atoms. The van der Waals surface area contributed by atoms with Gasteiger partial charge in [-0.25, -0.2) is 0 Å². The number of carbonyl (C=O) groups excluding carboxylic acids is 1. The summed E-state index contributed by atoms with van der Waals surface area (Å²) in [7, 11) is 0. The van der Waals surface area contributed by atoms with E-state index in [0.717, 1.165) is 5.01 Å². The first-order valence-corrected chi connectivity index (χ1v) is 5.15. The van der Waals surface area contributed by atoms with E-state index < -0.39 is 0 Å². The summed E-state index contributed by atoms with van der Waals surface area (Å²) in [5.74, 6) is -0.0131. The van der Waals surface area contributed by atoms with Crippen LogP contribution in [0.2, 0.25) is 0 Å². The number of alkyl halides is 1. The minimum atomic E-state index is -0.203. The first-order valence-electron chi connectivity index (χ1n) is 3.80. The minimum absolute atomic E-state index is 0.119. The van der Waals surface area contributed by atoms with Crippen LogP contribution in [-0.2, 0) is 4.79 Å². The average molecular weight is 220 g/mol. The Morgan fingerprint density at radius 1 is 1.69 bits per heavy atom. The van der Waals surface area contributed by atoms with Gasteiger partial charge in [-0.2, -0.15) is 0 Å².